The Morgan fingerprint density at radius 1 is 1.55 bits per heavy atom. The molecule has 1 aliphatic heterocycles. The number of rotatable bonds is 4. The summed E-state index contributed by atoms with van der Waals surface area (Å²) in [4.78, 5) is 11.9. The molecule has 8 heteroatoms. The van der Waals surface area contributed by atoms with Crippen LogP contribution in [0.1, 0.15) is 18.9 Å². The molecular formula is C14H17BrClF3N2O. The summed E-state index contributed by atoms with van der Waals surface area (Å²) in [5.74, 6) is -3.61. The number of nitrogens with one attached hydrogen (secondary N) is 2. The van der Waals surface area contributed by atoms with Crippen LogP contribution < -0.4 is 10.6 Å². The number of alkyl halides is 2. The molecule has 1 aliphatic rings. The van der Waals surface area contributed by atoms with Gasteiger partial charge in [0, 0.05) is 12.5 Å². The second-order valence-electron chi connectivity index (χ2n) is 5.36. The van der Waals surface area contributed by atoms with Crippen molar-refractivity contribution in [2.24, 2.45) is 0 Å². The fraction of sp³-hybridized carbons (Fsp3) is 0.500. The number of hydrogen-bond acceptors (Lipinski definition) is 2. The lowest BCUT2D eigenvalue weighted by atomic mass is 10.1. The molecule has 22 heavy (non-hydrogen) atoms. The Morgan fingerprint density at radius 2 is 2.23 bits per heavy atom. The van der Waals surface area contributed by atoms with Crippen LogP contribution in [0.2, 0.25) is 0 Å². The second-order valence-corrected chi connectivity index (χ2v) is 6.21. The van der Waals surface area contributed by atoms with E-state index >= 15 is 0 Å². The summed E-state index contributed by atoms with van der Waals surface area (Å²) in [5.41, 5.74) is 0.848. The molecule has 0 aromatic heterocycles. The van der Waals surface area contributed by atoms with Crippen LogP contribution in [0.15, 0.2) is 22.7 Å². The molecule has 0 bridgehead atoms. The highest BCUT2D eigenvalue weighted by Crippen LogP contribution is 2.25. The number of benzene rings is 1. The fourth-order valence-corrected chi connectivity index (χ4v) is 2.74. The van der Waals surface area contributed by atoms with E-state index < -0.39 is 30.8 Å². The molecule has 124 valence electrons. The monoisotopic (exact) mass is 400 g/mol. The summed E-state index contributed by atoms with van der Waals surface area (Å²) < 4.78 is 39.6. The minimum Gasteiger partial charge on any atom is -0.352 e. The number of amides is 1. The number of hydrogen-bond donors (Lipinski definition) is 2. The highest BCUT2D eigenvalue weighted by Gasteiger charge is 2.42. The van der Waals surface area contributed by atoms with Crippen LogP contribution in [0, 0.1) is 5.82 Å². The summed E-state index contributed by atoms with van der Waals surface area (Å²) in [6, 6.07) is 3.52. The van der Waals surface area contributed by atoms with Crippen LogP contribution in [0.5, 0.6) is 0 Å². The Balaban J connectivity index is 0.00000242. The molecule has 0 radical (unpaired) electrons. The van der Waals surface area contributed by atoms with Gasteiger partial charge in [-0.1, -0.05) is 6.07 Å². The fourth-order valence-electron chi connectivity index (χ4n) is 2.32. The van der Waals surface area contributed by atoms with Gasteiger partial charge in [0.1, 0.15) is 5.82 Å². The average Bonchev–Trinajstić information content (AvgIpc) is 2.74. The Kier molecular flexibility index (Phi) is 6.70. The van der Waals surface area contributed by atoms with E-state index in [1.165, 1.54) is 6.07 Å². The van der Waals surface area contributed by atoms with E-state index in [-0.39, 0.29) is 24.3 Å². The van der Waals surface area contributed by atoms with Crippen molar-refractivity contribution >= 4 is 34.2 Å². The average molecular weight is 402 g/mol. The van der Waals surface area contributed by atoms with Gasteiger partial charge in [-0.05, 0) is 47.0 Å². The predicted molar refractivity (Wildman–Crippen MR) is 84.0 cm³/mol. The van der Waals surface area contributed by atoms with Gasteiger partial charge in [0.2, 0.25) is 5.91 Å². The largest absolute Gasteiger partial charge is 0.352 e. The van der Waals surface area contributed by atoms with Crippen LogP contribution in [0.4, 0.5) is 13.2 Å². The van der Waals surface area contributed by atoms with Gasteiger partial charge in [-0.2, -0.15) is 0 Å². The molecule has 0 saturated carbocycles. The second kappa shape index (κ2) is 7.66. The zero-order valence-electron chi connectivity index (χ0n) is 11.8. The van der Waals surface area contributed by atoms with Gasteiger partial charge >= 0.3 is 0 Å². The Bertz CT molecular complexity index is 545. The van der Waals surface area contributed by atoms with Crippen molar-refractivity contribution in [3.8, 4) is 0 Å². The van der Waals surface area contributed by atoms with E-state index in [4.69, 9.17) is 0 Å². The van der Waals surface area contributed by atoms with Gasteiger partial charge in [-0.15, -0.1) is 12.4 Å². The molecule has 0 spiro atoms. The zero-order valence-corrected chi connectivity index (χ0v) is 14.2. The zero-order chi connectivity index (χ0) is 15.6. The van der Waals surface area contributed by atoms with Crippen molar-refractivity contribution < 1.29 is 18.0 Å². The highest BCUT2D eigenvalue weighted by atomic mass is 79.9. The molecule has 2 N–H and O–H groups in total. The summed E-state index contributed by atoms with van der Waals surface area (Å²) >= 11 is 3.10. The third-order valence-electron chi connectivity index (χ3n) is 3.34. The van der Waals surface area contributed by atoms with Crippen LogP contribution in [0.25, 0.3) is 0 Å². The molecule has 1 saturated heterocycles. The molecule has 1 amide bonds. The van der Waals surface area contributed by atoms with Gasteiger partial charge in [0.25, 0.3) is 5.92 Å². The topological polar surface area (TPSA) is 41.1 Å². The third kappa shape index (κ3) is 5.14. The van der Waals surface area contributed by atoms with Crippen LogP contribution in [-0.4, -0.2) is 30.5 Å². The molecular weight excluding hydrogens is 385 g/mol. The van der Waals surface area contributed by atoms with Gasteiger partial charge in [-0.3, -0.25) is 10.1 Å². The lowest BCUT2D eigenvalue weighted by Crippen LogP contribution is -2.44. The van der Waals surface area contributed by atoms with E-state index in [0.717, 1.165) is 5.56 Å². The molecule has 2 rings (SSSR count). The Labute approximate surface area is 141 Å². The minimum absolute atomic E-state index is 0. The van der Waals surface area contributed by atoms with Crippen LogP contribution >= 0.6 is 28.3 Å². The molecule has 1 aromatic rings. The maximum atomic E-state index is 13.1. The van der Waals surface area contributed by atoms with Crippen molar-refractivity contribution in [3.05, 3.63) is 34.1 Å². The van der Waals surface area contributed by atoms with Crippen molar-refractivity contribution in [1.82, 2.24) is 10.6 Å². The third-order valence-corrected chi connectivity index (χ3v) is 3.95. The summed E-state index contributed by atoms with van der Waals surface area (Å²) in [6.07, 6.45) is 0.0153. The summed E-state index contributed by atoms with van der Waals surface area (Å²) in [6.45, 7) is 1.31. The molecule has 1 heterocycles. The molecule has 2 unspecified atom stereocenters. The molecule has 1 fully saturated rings. The van der Waals surface area contributed by atoms with Gasteiger partial charge in [0.05, 0.1) is 17.1 Å². The van der Waals surface area contributed by atoms with E-state index in [9.17, 15) is 18.0 Å². The van der Waals surface area contributed by atoms with E-state index in [1.807, 2.05) is 0 Å². The quantitative estimate of drug-likeness (QED) is 0.814. The normalized spacial score (nSPS) is 21.0. The van der Waals surface area contributed by atoms with Crippen LogP contribution in [-0.2, 0) is 11.2 Å². The van der Waals surface area contributed by atoms with Crippen molar-refractivity contribution in [3.63, 3.8) is 0 Å². The van der Waals surface area contributed by atoms with Crippen LogP contribution in [0.3, 0.4) is 0 Å². The van der Waals surface area contributed by atoms with Gasteiger partial charge in [0.15, 0.2) is 0 Å². The smallest absolute Gasteiger partial charge is 0.262 e. The van der Waals surface area contributed by atoms with Gasteiger partial charge in [-0.25, -0.2) is 13.2 Å². The first-order chi connectivity index (χ1) is 9.77. The first-order valence-corrected chi connectivity index (χ1v) is 7.42. The molecule has 2 atom stereocenters. The Morgan fingerprint density at radius 3 is 2.77 bits per heavy atom. The molecule has 1 aromatic carbocycles. The molecule has 0 aliphatic carbocycles. The van der Waals surface area contributed by atoms with Crippen molar-refractivity contribution in [1.29, 1.82) is 0 Å². The predicted octanol–water partition coefficient (Wildman–Crippen LogP) is 3.05. The number of carbonyl (C=O) groups excluding carboxylic acids is 1. The summed E-state index contributed by atoms with van der Waals surface area (Å²) in [5, 5.41) is 5.21. The van der Waals surface area contributed by atoms with Gasteiger partial charge < -0.3 is 5.32 Å². The minimum atomic E-state index is -2.83. The standard InChI is InChI=1S/C14H16BrF3N2O.ClH/c1-8(4-9-2-3-11(16)10(15)5-9)20-13(21)12-6-14(17,18)7-19-12;/h2-3,5,8,12,19H,4,6-7H2,1H3,(H,20,21);1H. The maximum Gasteiger partial charge on any atom is 0.262 e. The number of carbonyl (C=O) groups is 1. The van der Waals surface area contributed by atoms with E-state index in [0.29, 0.717) is 10.9 Å². The van der Waals surface area contributed by atoms with Crippen molar-refractivity contribution in [2.75, 3.05) is 6.54 Å². The maximum absolute atomic E-state index is 13.1. The first kappa shape index (κ1) is 19.3. The molecule has 3 nitrogen and oxygen atoms in total. The lowest BCUT2D eigenvalue weighted by Gasteiger charge is -2.17. The first-order valence-electron chi connectivity index (χ1n) is 6.62. The highest BCUT2D eigenvalue weighted by molar-refractivity contribution is 9.10. The van der Waals surface area contributed by atoms with E-state index in [2.05, 4.69) is 26.6 Å². The lowest BCUT2D eigenvalue weighted by molar-refractivity contribution is -0.124. The van der Waals surface area contributed by atoms with E-state index in [1.54, 1.807) is 19.1 Å². The van der Waals surface area contributed by atoms with Crippen molar-refractivity contribution in [2.45, 2.75) is 37.8 Å². The number of halogens is 5. The Hall–Kier alpha value is -0.790. The summed E-state index contributed by atoms with van der Waals surface area (Å²) in [7, 11) is 0. The SMILES string of the molecule is CC(Cc1ccc(F)c(Br)c1)NC(=O)C1CC(F)(F)CN1.Cl.